The highest BCUT2D eigenvalue weighted by molar-refractivity contribution is 7.47. The lowest BCUT2D eigenvalue weighted by atomic mass is 10.0. The largest absolute Gasteiger partial charge is 0.472 e. The number of carbonyl (C=O) groups is 2. The van der Waals surface area contributed by atoms with Crippen LogP contribution >= 0.6 is 7.82 Å². The third kappa shape index (κ3) is 52.5. The zero-order chi connectivity index (χ0) is 47.4. The quantitative estimate of drug-likeness (QED) is 0.0238. The molecule has 2 atom stereocenters. The van der Waals surface area contributed by atoms with Gasteiger partial charge in [0.2, 0.25) is 5.91 Å². The summed E-state index contributed by atoms with van der Waals surface area (Å²) in [5, 5.41) is 12.8. The fourth-order valence-corrected chi connectivity index (χ4v) is 8.23. The van der Waals surface area contributed by atoms with Crippen LogP contribution in [0.25, 0.3) is 0 Å². The molecule has 0 saturated carbocycles. The molecule has 9 nitrogen and oxygen atoms in total. The molecule has 0 aromatic heterocycles. The Hall–Kier alpha value is -2.29. The first-order valence-corrected chi connectivity index (χ1v) is 28.3. The number of amides is 1. The van der Waals surface area contributed by atoms with E-state index < -0.39 is 26.5 Å². The van der Waals surface area contributed by atoms with Crippen molar-refractivity contribution in [2.45, 2.75) is 251 Å². The monoisotopic (exact) mass is 934 g/mol. The normalized spacial score (nSPS) is 13.6. The molecule has 0 aliphatic rings. The Kier molecular flexibility index (Phi) is 49.3. The summed E-state index contributed by atoms with van der Waals surface area (Å²) in [7, 11) is -4.43. The lowest BCUT2D eigenvalue weighted by Crippen LogP contribution is -2.27. The number of rotatable bonds is 50. The molecule has 0 saturated heterocycles. The first-order chi connectivity index (χ1) is 31.8. The van der Waals surface area contributed by atoms with Gasteiger partial charge >= 0.3 is 13.8 Å². The van der Waals surface area contributed by atoms with E-state index in [0.29, 0.717) is 6.42 Å². The highest BCUT2D eigenvalue weighted by Gasteiger charge is 2.23. The number of ether oxygens (including phenoxy) is 1. The van der Waals surface area contributed by atoms with Crippen LogP contribution in [0, 0.1) is 0 Å². The number of unbranched alkanes of at least 4 members (excludes halogenated alkanes) is 27. The SMILES string of the molecule is CC/C=C\C/C=C\C/C=C\C/C=C\C/C=C\CCCCCCCCCC(=O)NCCOP(=O)(O)OCC(O)COC(=O)CCCCCCCCCCCCCCCCCCCCCCC. The number of carbonyl (C=O) groups excluding carboxylic acids is 2. The zero-order valence-electron chi connectivity index (χ0n) is 41.9. The van der Waals surface area contributed by atoms with E-state index in [1.54, 1.807) is 0 Å². The molecule has 0 spiro atoms. The van der Waals surface area contributed by atoms with Crippen molar-refractivity contribution in [3.63, 3.8) is 0 Å². The Bertz CT molecular complexity index is 1250. The van der Waals surface area contributed by atoms with Gasteiger partial charge in [-0.25, -0.2) is 4.57 Å². The summed E-state index contributed by atoms with van der Waals surface area (Å²) >= 11 is 0. The van der Waals surface area contributed by atoms with Crippen LogP contribution in [0.2, 0.25) is 0 Å². The van der Waals surface area contributed by atoms with Gasteiger partial charge in [-0.05, 0) is 57.8 Å². The lowest BCUT2D eigenvalue weighted by Gasteiger charge is -2.15. The van der Waals surface area contributed by atoms with Gasteiger partial charge in [-0.3, -0.25) is 18.6 Å². The van der Waals surface area contributed by atoms with Gasteiger partial charge in [0.05, 0.1) is 13.2 Å². The van der Waals surface area contributed by atoms with Crippen LogP contribution in [-0.2, 0) is 27.9 Å². The Morgan fingerprint density at radius 3 is 1.32 bits per heavy atom. The summed E-state index contributed by atoms with van der Waals surface area (Å²) in [5.74, 6) is -0.521. The van der Waals surface area contributed by atoms with Gasteiger partial charge in [0, 0.05) is 19.4 Å². The van der Waals surface area contributed by atoms with Crippen molar-refractivity contribution in [2.75, 3.05) is 26.4 Å². The minimum atomic E-state index is -4.43. The first kappa shape index (κ1) is 62.7. The predicted molar refractivity (Wildman–Crippen MR) is 275 cm³/mol. The Morgan fingerprint density at radius 1 is 0.492 bits per heavy atom. The molecular weight excluding hydrogens is 834 g/mol. The number of allylic oxidation sites excluding steroid dienone is 10. The zero-order valence-corrected chi connectivity index (χ0v) is 42.8. The molecule has 10 heteroatoms. The number of hydrogen-bond acceptors (Lipinski definition) is 7. The number of phosphoric acid groups is 1. The van der Waals surface area contributed by atoms with Crippen molar-refractivity contribution in [1.29, 1.82) is 0 Å². The molecule has 0 radical (unpaired) electrons. The van der Waals surface area contributed by atoms with E-state index in [1.807, 2.05) is 0 Å². The summed E-state index contributed by atoms with van der Waals surface area (Å²) in [6.07, 6.45) is 63.1. The van der Waals surface area contributed by atoms with Gasteiger partial charge in [-0.1, -0.05) is 235 Å². The minimum absolute atomic E-state index is 0.0737. The molecule has 0 heterocycles. The highest BCUT2D eigenvalue weighted by atomic mass is 31.2. The first-order valence-electron chi connectivity index (χ1n) is 26.8. The van der Waals surface area contributed by atoms with Crippen molar-refractivity contribution >= 4 is 19.7 Å². The maximum absolute atomic E-state index is 12.2. The molecule has 0 aliphatic heterocycles. The van der Waals surface area contributed by atoms with Crippen molar-refractivity contribution in [3.05, 3.63) is 60.8 Å². The third-order valence-corrected chi connectivity index (χ3v) is 12.4. The smallest absolute Gasteiger partial charge is 0.463 e. The van der Waals surface area contributed by atoms with Crippen LogP contribution in [0.3, 0.4) is 0 Å². The highest BCUT2D eigenvalue weighted by Crippen LogP contribution is 2.42. The molecule has 65 heavy (non-hydrogen) atoms. The van der Waals surface area contributed by atoms with Crippen LogP contribution in [0.15, 0.2) is 60.8 Å². The maximum atomic E-state index is 12.2. The summed E-state index contributed by atoms with van der Waals surface area (Å²) in [5.41, 5.74) is 0. The Labute approximate surface area is 399 Å². The van der Waals surface area contributed by atoms with Crippen molar-refractivity contribution in [3.8, 4) is 0 Å². The van der Waals surface area contributed by atoms with Gasteiger partial charge < -0.3 is 20.1 Å². The maximum Gasteiger partial charge on any atom is 0.472 e. The van der Waals surface area contributed by atoms with Gasteiger partial charge in [0.25, 0.3) is 0 Å². The number of phosphoric ester groups is 1. The molecule has 0 fully saturated rings. The van der Waals surface area contributed by atoms with E-state index in [2.05, 4.69) is 79.9 Å². The van der Waals surface area contributed by atoms with E-state index in [9.17, 15) is 24.2 Å². The van der Waals surface area contributed by atoms with Crippen LogP contribution in [0.4, 0.5) is 0 Å². The fraction of sp³-hybridized carbons (Fsp3) is 0.782. The average Bonchev–Trinajstić information content (AvgIpc) is 3.29. The molecule has 0 aromatic rings. The number of aliphatic hydroxyl groups excluding tert-OH is 1. The summed E-state index contributed by atoms with van der Waals surface area (Å²) in [6.45, 7) is 3.46. The summed E-state index contributed by atoms with van der Waals surface area (Å²) in [4.78, 5) is 34.1. The van der Waals surface area contributed by atoms with Crippen LogP contribution in [0.5, 0.6) is 0 Å². The number of nitrogens with one attached hydrogen (secondary N) is 1. The second-order valence-corrected chi connectivity index (χ2v) is 19.3. The van der Waals surface area contributed by atoms with Gasteiger partial charge in [-0.15, -0.1) is 0 Å². The summed E-state index contributed by atoms with van der Waals surface area (Å²) in [6, 6.07) is 0. The number of esters is 1. The molecule has 1 amide bonds. The van der Waals surface area contributed by atoms with E-state index in [1.165, 1.54) is 141 Å². The minimum Gasteiger partial charge on any atom is -0.463 e. The molecule has 3 N–H and O–H groups in total. The van der Waals surface area contributed by atoms with Crippen molar-refractivity contribution < 1.29 is 37.9 Å². The van der Waals surface area contributed by atoms with E-state index in [-0.39, 0.29) is 32.1 Å². The molecule has 378 valence electrons. The van der Waals surface area contributed by atoms with Crippen LogP contribution in [0.1, 0.15) is 245 Å². The summed E-state index contributed by atoms with van der Waals surface area (Å²) < 4.78 is 27.0. The fourth-order valence-electron chi connectivity index (χ4n) is 7.47. The second-order valence-electron chi connectivity index (χ2n) is 17.8. The second kappa shape index (κ2) is 51.1. The average molecular weight is 934 g/mol. The van der Waals surface area contributed by atoms with Gasteiger partial charge in [0.15, 0.2) is 0 Å². The third-order valence-electron chi connectivity index (χ3n) is 11.5. The lowest BCUT2D eigenvalue weighted by molar-refractivity contribution is -0.147. The standard InChI is InChI=1S/C55H100NO8P/c1-3-5-7-9-11-13-15-17-19-21-23-25-26-28-29-31-33-35-37-39-41-43-45-47-54(58)56-49-50-63-65(60,61)64-52-53(57)51-62-55(59)48-46-44-42-40-38-36-34-32-30-27-24-22-20-18-16-14-12-10-8-6-4-2/h5,7,11,13,17,19,23,25,28-29,53,57H,3-4,6,8-10,12,14-16,18,20-22,24,26-27,30-52H2,1-2H3,(H,56,58)(H,60,61)/b7-5-,13-11-,19-17-,25-23-,29-28-. The van der Waals surface area contributed by atoms with Crippen LogP contribution < -0.4 is 5.32 Å². The Balaban J connectivity index is 3.56. The molecule has 0 aromatic carbocycles. The van der Waals surface area contributed by atoms with Gasteiger partial charge in [0.1, 0.15) is 12.7 Å². The van der Waals surface area contributed by atoms with E-state index in [4.69, 9.17) is 13.8 Å². The molecule has 0 rings (SSSR count). The van der Waals surface area contributed by atoms with E-state index >= 15 is 0 Å². The predicted octanol–water partition coefficient (Wildman–Crippen LogP) is 16.0. The van der Waals surface area contributed by atoms with E-state index in [0.717, 1.165) is 77.0 Å². The van der Waals surface area contributed by atoms with Crippen LogP contribution in [-0.4, -0.2) is 54.3 Å². The molecule has 0 bridgehead atoms. The van der Waals surface area contributed by atoms with Gasteiger partial charge in [-0.2, -0.15) is 0 Å². The molecule has 0 aliphatic carbocycles. The number of hydrogen-bond donors (Lipinski definition) is 3. The number of aliphatic hydroxyl groups is 1. The Morgan fingerprint density at radius 2 is 0.877 bits per heavy atom. The molecular formula is C55H100NO8P. The molecule has 2 unspecified atom stereocenters. The topological polar surface area (TPSA) is 131 Å². The van der Waals surface area contributed by atoms with Crippen molar-refractivity contribution in [2.24, 2.45) is 0 Å². The van der Waals surface area contributed by atoms with Crippen molar-refractivity contribution in [1.82, 2.24) is 5.32 Å².